The maximum Gasteiger partial charge on any atom is 0.222 e. The van der Waals surface area contributed by atoms with Gasteiger partial charge in [0.2, 0.25) is 5.91 Å². The quantitative estimate of drug-likeness (QED) is 0.618. The third kappa shape index (κ3) is 1.54. The molecule has 2 aliphatic rings. The van der Waals surface area contributed by atoms with Gasteiger partial charge in [-0.25, -0.2) is 0 Å². The molecule has 76 valence electrons. The van der Waals surface area contributed by atoms with Crippen molar-refractivity contribution in [2.24, 2.45) is 0 Å². The molecular weight excluding hydrogens is 176 g/mol. The Morgan fingerprint density at radius 2 is 2.21 bits per heavy atom. The highest BCUT2D eigenvalue weighted by Gasteiger charge is 2.29. The van der Waals surface area contributed by atoms with Crippen LogP contribution in [-0.2, 0) is 4.79 Å². The van der Waals surface area contributed by atoms with E-state index in [9.17, 15) is 4.79 Å². The van der Waals surface area contributed by atoms with Gasteiger partial charge in [0.05, 0.1) is 6.04 Å². The van der Waals surface area contributed by atoms with Crippen molar-refractivity contribution in [2.45, 2.75) is 18.9 Å². The summed E-state index contributed by atoms with van der Waals surface area (Å²) in [5.74, 6) is 0.262. The Bertz CT molecular complexity index is 306. The van der Waals surface area contributed by atoms with E-state index in [0.29, 0.717) is 12.5 Å². The number of hydrogen-bond acceptors (Lipinski definition) is 2. The standard InChI is InChI=1S/C11H16N2O/c1-12-7-3-4-9(8-12)10-5-6-11(14)13(10)2/h3-4,8,10H,5-7H2,1-2H3/t10-/m1/s1. The molecule has 2 aliphatic heterocycles. The fourth-order valence-corrected chi connectivity index (χ4v) is 2.10. The van der Waals surface area contributed by atoms with Crippen molar-refractivity contribution in [3.05, 3.63) is 23.9 Å². The number of carbonyl (C=O) groups excluding carboxylic acids is 1. The lowest BCUT2D eigenvalue weighted by molar-refractivity contribution is -0.127. The van der Waals surface area contributed by atoms with E-state index >= 15 is 0 Å². The number of likely N-dealkylation sites (tertiary alicyclic amines) is 1. The lowest BCUT2D eigenvalue weighted by atomic mass is 10.0. The van der Waals surface area contributed by atoms with Gasteiger partial charge in [0.1, 0.15) is 0 Å². The molecule has 0 unspecified atom stereocenters. The van der Waals surface area contributed by atoms with Crippen LogP contribution < -0.4 is 0 Å². The van der Waals surface area contributed by atoms with Gasteiger partial charge in [0.25, 0.3) is 0 Å². The molecular formula is C11H16N2O. The number of nitrogens with zero attached hydrogens (tertiary/aromatic N) is 2. The minimum atomic E-state index is 0.262. The minimum absolute atomic E-state index is 0.262. The molecule has 0 aliphatic carbocycles. The molecule has 0 radical (unpaired) electrons. The summed E-state index contributed by atoms with van der Waals surface area (Å²) in [6.07, 6.45) is 8.07. The van der Waals surface area contributed by atoms with Crippen LogP contribution >= 0.6 is 0 Å². The zero-order chi connectivity index (χ0) is 10.1. The van der Waals surface area contributed by atoms with Gasteiger partial charge in [0.15, 0.2) is 0 Å². The molecule has 1 saturated heterocycles. The number of hydrogen-bond donors (Lipinski definition) is 0. The minimum Gasteiger partial charge on any atom is -0.376 e. The summed E-state index contributed by atoms with van der Waals surface area (Å²) in [6.45, 7) is 0.966. The second-order valence-corrected chi connectivity index (χ2v) is 4.03. The first-order valence-corrected chi connectivity index (χ1v) is 5.02. The number of carbonyl (C=O) groups is 1. The molecule has 14 heavy (non-hydrogen) atoms. The molecule has 3 nitrogen and oxygen atoms in total. The van der Waals surface area contributed by atoms with E-state index < -0.39 is 0 Å². The van der Waals surface area contributed by atoms with Gasteiger partial charge in [-0.1, -0.05) is 12.2 Å². The summed E-state index contributed by atoms with van der Waals surface area (Å²) in [7, 11) is 3.95. The molecule has 0 aromatic carbocycles. The van der Waals surface area contributed by atoms with Crippen LogP contribution in [-0.4, -0.2) is 42.4 Å². The molecule has 1 amide bonds. The van der Waals surface area contributed by atoms with E-state index in [1.165, 1.54) is 5.57 Å². The highest BCUT2D eigenvalue weighted by molar-refractivity contribution is 5.79. The van der Waals surface area contributed by atoms with Gasteiger partial charge in [-0.05, 0) is 12.0 Å². The Balaban J connectivity index is 2.16. The van der Waals surface area contributed by atoms with E-state index in [2.05, 4.69) is 30.3 Å². The third-order valence-electron chi connectivity index (χ3n) is 2.95. The van der Waals surface area contributed by atoms with Crippen LogP contribution in [0.5, 0.6) is 0 Å². The van der Waals surface area contributed by atoms with Crippen LogP contribution in [0.2, 0.25) is 0 Å². The fraction of sp³-hybridized carbons (Fsp3) is 0.545. The van der Waals surface area contributed by atoms with Crippen LogP contribution in [0.3, 0.4) is 0 Å². The first kappa shape index (κ1) is 9.31. The monoisotopic (exact) mass is 192 g/mol. The van der Waals surface area contributed by atoms with Gasteiger partial charge in [-0.15, -0.1) is 0 Å². The second kappa shape index (κ2) is 3.48. The molecule has 1 atom stereocenters. The molecule has 0 aromatic rings. The topological polar surface area (TPSA) is 23.6 Å². The Kier molecular flexibility index (Phi) is 2.32. The number of amides is 1. The van der Waals surface area contributed by atoms with Crippen molar-refractivity contribution >= 4 is 5.91 Å². The van der Waals surface area contributed by atoms with Crippen molar-refractivity contribution < 1.29 is 4.79 Å². The molecule has 0 aromatic heterocycles. The van der Waals surface area contributed by atoms with Crippen LogP contribution in [0, 0.1) is 0 Å². The van der Waals surface area contributed by atoms with Crippen molar-refractivity contribution in [3.8, 4) is 0 Å². The first-order chi connectivity index (χ1) is 6.68. The average Bonchev–Trinajstić information content (AvgIpc) is 2.48. The maximum absolute atomic E-state index is 11.4. The van der Waals surface area contributed by atoms with Gasteiger partial charge in [0, 0.05) is 33.3 Å². The van der Waals surface area contributed by atoms with E-state index in [-0.39, 0.29) is 5.91 Å². The van der Waals surface area contributed by atoms with Gasteiger partial charge in [-0.3, -0.25) is 4.79 Å². The zero-order valence-corrected chi connectivity index (χ0v) is 8.73. The van der Waals surface area contributed by atoms with E-state index in [0.717, 1.165) is 13.0 Å². The Morgan fingerprint density at radius 1 is 1.43 bits per heavy atom. The lowest BCUT2D eigenvalue weighted by Crippen LogP contribution is -2.31. The van der Waals surface area contributed by atoms with E-state index in [1.807, 2.05) is 11.9 Å². The molecule has 2 heterocycles. The number of rotatable bonds is 1. The summed E-state index contributed by atoms with van der Waals surface area (Å²) in [4.78, 5) is 15.4. The van der Waals surface area contributed by atoms with E-state index in [4.69, 9.17) is 0 Å². The summed E-state index contributed by atoms with van der Waals surface area (Å²) in [6, 6.07) is 0.293. The van der Waals surface area contributed by atoms with Crippen LogP contribution in [0.15, 0.2) is 23.9 Å². The van der Waals surface area contributed by atoms with Crippen LogP contribution in [0.1, 0.15) is 12.8 Å². The third-order valence-corrected chi connectivity index (χ3v) is 2.95. The van der Waals surface area contributed by atoms with Gasteiger partial charge < -0.3 is 9.80 Å². The van der Waals surface area contributed by atoms with Crippen molar-refractivity contribution in [1.82, 2.24) is 9.80 Å². The fourth-order valence-electron chi connectivity index (χ4n) is 2.10. The SMILES string of the molecule is CN1C=C([C@H]2CCC(=O)N2C)C=CC1. The van der Waals surface area contributed by atoms with E-state index in [1.54, 1.807) is 0 Å². The average molecular weight is 192 g/mol. The molecule has 1 fully saturated rings. The molecule has 0 bridgehead atoms. The van der Waals surface area contributed by atoms with Crippen LogP contribution in [0.4, 0.5) is 0 Å². The van der Waals surface area contributed by atoms with Crippen molar-refractivity contribution in [3.63, 3.8) is 0 Å². The summed E-state index contributed by atoms with van der Waals surface area (Å²) >= 11 is 0. The molecule has 0 saturated carbocycles. The molecule has 2 rings (SSSR count). The Hall–Kier alpha value is -1.25. The molecule has 0 spiro atoms. The van der Waals surface area contributed by atoms with Crippen LogP contribution in [0.25, 0.3) is 0 Å². The molecule has 3 heteroatoms. The summed E-state index contributed by atoms with van der Waals surface area (Å²) in [5.41, 5.74) is 1.26. The van der Waals surface area contributed by atoms with Gasteiger partial charge >= 0.3 is 0 Å². The van der Waals surface area contributed by atoms with Gasteiger partial charge in [-0.2, -0.15) is 0 Å². The second-order valence-electron chi connectivity index (χ2n) is 4.03. The molecule has 0 N–H and O–H groups in total. The van der Waals surface area contributed by atoms with Crippen molar-refractivity contribution in [1.29, 1.82) is 0 Å². The first-order valence-electron chi connectivity index (χ1n) is 5.02. The Morgan fingerprint density at radius 3 is 2.79 bits per heavy atom. The number of likely N-dealkylation sites (N-methyl/N-ethyl adjacent to an activating group) is 2. The summed E-state index contributed by atoms with van der Waals surface area (Å²) in [5, 5.41) is 0. The van der Waals surface area contributed by atoms with Crippen molar-refractivity contribution in [2.75, 3.05) is 20.6 Å². The zero-order valence-electron chi connectivity index (χ0n) is 8.73. The summed E-state index contributed by atoms with van der Waals surface area (Å²) < 4.78 is 0. The smallest absolute Gasteiger partial charge is 0.222 e. The largest absolute Gasteiger partial charge is 0.376 e. The normalized spacial score (nSPS) is 27.1. The lowest BCUT2D eigenvalue weighted by Gasteiger charge is -2.25. The predicted octanol–water partition coefficient (Wildman–Crippen LogP) is 0.993. The highest BCUT2D eigenvalue weighted by Crippen LogP contribution is 2.25. The highest BCUT2D eigenvalue weighted by atomic mass is 16.2. The maximum atomic E-state index is 11.4. The predicted molar refractivity (Wildman–Crippen MR) is 55.6 cm³/mol. The Labute approximate surface area is 84.7 Å².